The summed E-state index contributed by atoms with van der Waals surface area (Å²) in [6.07, 6.45) is 3.43. The predicted molar refractivity (Wildman–Crippen MR) is 76.5 cm³/mol. The third-order valence-electron chi connectivity index (χ3n) is 3.15. The number of hydrogen-bond donors (Lipinski definition) is 4. The molecule has 1 heterocycles. The van der Waals surface area contributed by atoms with E-state index >= 15 is 0 Å². The lowest BCUT2D eigenvalue weighted by molar-refractivity contribution is 0.0950. The number of nitrogens with zero attached hydrogens (tertiary/aromatic N) is 1. The fourth-order valence-electron chi connectivity index (χ4n) is 1.95. The Morgan fingerprint density at radius 2 is 2.30 bits per heavy atom. The summed E-state index contributed by atoms with van der Waals surface area (Å²) in [4.78, 5) is 11.9. The number of nitrogens with two attached hydrogens (primary N) is 1. The maximum atomic E-state index is 11.9. The molecule has 1 amide bonds. The van der Waals surface area contributed by atoms with Gasteiger partial charge in [0.15, 0.2) is 5.75 Å². The van der Waals surface area contributed by atoms with Crippen molar-refractivity contribution >= 4 is 11.6 Å². The maximum Gasteiger partial charge on any atom is 0.255 e. The third-order valence-corrected chi connectivity index (χ3v) is 3.15. The van der Waals surface area contributed by atoms with Crippen LogP contribution in [0.2, 0.25) is 0 Å². The second-order valence-corrected chi connectivity index (χ2v) is 4.62. The van der Waals surface area contributed by atoms with Gasteiger partial charge in [-0.2, -0.15) is 5.10 Å². The van der Waals surface area contributed by atoms with Gasteiger partial charge in [0.25, 0.3) is 5.91 Å². The van der Waals surface area contributed by atoms with Crippen molar-refractivity contribution in [2.75, 3.05) is 12.3 Å². The standard InChI is InChI=1S/C14H18N4O2/c1-9-10(8-17-18-9)4-3-7-16-14(20)11-5-2-6-12(15)13(11)19/h2,5-6,8,19H,3-4,7,15H2,1H3,(H,16,20)(H,17,18). The molecule has 0 bridgehead atoms. The minimum absolute atomic E-state index is 0.171. The number of aromatic hydroxyl groups is 1. The Morgan fingerprint density at radius 3 is 3.00 bits per heavy atom. The number of rotatable bonds is 5. The van der Waals surface area contributed by atoms with Gasteiger partial charge >= 0.3 is 0 Å². The highest BCUT2D eigenvalue weighted by Crippen LogP contribution is 2.24. The predicted octanol–water partition coefficient (Wildman–Crippen LogP) is 1.37. The van der Waals surface area contributed by atoms with Crippen LogP contribution in [0.3, 0.4) is 0 Å². The summed E-state index contributed by atoms with van der Waals surface area (Å²) in [6.45, 7) is 2.49. The quantitative estimate of drug-likeness (QED) is 0.375. The first kappa shape index (κ1) is 13.9. The number of anilines is 1. The van der Waals surface area contributed by atoms with E-state index in [1.54, 1.807) is 24.4 Å². The number of aromatic amines is 1. The average molecular weight is 274 g/mol. The van der Waals surface area contributed by atoms with E-state index in [1.165, 1.54) is 0 Å². The minimum Gasteiger partial charge on any atom is -0.505 e. The van der Waals surface area contributed by atoms with E-state index in [-0.39, 0.29) is 22.9 Å². The lowest BCUT2D eigenvalue weighted by atomic mass is 10.1. The smallest absolute Gasteiger partial charge is 0.255 e. The number of aromatic nitrogens is 2. The lowest BCUT2D eigenvalue weighted by Crippen LogP contribution is -2.25. The molecule has 106 valence electrons. The van der Waals surface area contributed by atoms with Crippen LogP contribution >= 0.6 is 0 Å². The van der Waals surface area contributed by atoms with Gasteiger partial charge in [-0.1, -0.05) is 6.07 Å². The normalized spacial score (nSPS) is 10.4. The Labute approximate surface area is 117 Å². The number of carbonyl (C=O) groups excluding carboxylic acids is 1. The second-order valence-electron chi connectivity index (χ2n) is 4.62. The highest BCUT2D eigenvalue weighted by atomic mass is 16.3. The molecule has 0 radical (unpaired) electrons. The van der Waals surface area contributed by atoms with Gasteiger partial charge in [-0.05, 0) is 37.5 Å². The maximum absolute atomic E-state index is 11.9. The summed E-state index contributed by atoms with van der Waals surface area (Å²) in [5.41, 5.74) is 8.14. The Morgan fingerprint density at radius 1 is 1.50 bits per heavy atom. The van der Waals surface area contributed by atoms with E-state index < -0.39 is 0 Å². The fraction of sp³-hybridized carbons (Fsp3) is 0.286. The van der Waals surface area contributed by atoms with Gasteiger partial charge in [0.1, 0.15) is 0 Å². The van der Waals surface area contributed by atoms with Gasteiger partial charge in [-0.3, -0.25) is 9.89 Å². The molecular weight excluding hydrogens is 256 g/mol. The van der Waals surface area contributed by atoms with Gasteiger partial charge in [0.2, 0.25) is 0 Å². The van der Waals surface area contributed by atoms with Gasteiger partial charge in [-0.25, -0.2) is 0 Å². The molecule has 0 saturated carbocycles. The zero-order chi connectivity index (χ0) is 14.5. The summed E-state index contributed by atoms with van der Waals surface area (Å²) in [7, 11) is 0. The first-order valence-corrected chi connectivity index (χ1v) is 6.44. The number of H-pyrrole nitrogens is 1. The van der Waals surface area contributed by atoms with E-state index in [0.29, 0.717) is 6.54 Å². The van der Waals surface area contributed by atoms with Crippen LogP contribution in [-0.4, -0.2) is 27.8 Å². The van der Waals surface area contributed by atoms with Gasteiger partial charge in [0.05, 0.1) is 17.4 Å². The number of aryl methyl sites for hydroxylation is 2. The molecule has 0 fully saturated rings. The molecule has 6 heteroatoms. The van der Waals surface area contributed by atoms with Crippen molar-refractivity contribution in [1.82, 2.24) is 15.5 Å². The van der Waals surface area contributed by atoms with Crippen molar-refractivity contribution in [2.45, 2.75) is 19.8 Å². The number of amides is 1. The van der Waals surface area contributed by atoms with Crippen LogP contribution < -0.4 is 11.1 Å². The average Bonchev–Trinajstić information content (AvgIpc) is 2.83. The number of hydrogen-bond acceptors (Lipinski definition) is 4. The molecule has 2 aromatic rings. The van der Waals surface area contributed by atoms with Crippen LogP contribution in [0.15, 0.2) is 24.4 Å². The molecular formula is C14H18N4O2. The molecule has 0 aliphatic heterocycles. The molecule has 0 atom stereocenters. The number of phenolic OH excluding ortho intramolecular Hbond substituents is 1. The molecule has 1 aromatic heterocycles. The van der Waals surface area contributed by atoms with E-state index in [9.17, 15) is 9.90 Å². The molecule has 0 saturated heterocycles. The Balaban J connectivity index is 1.84. The van der Waals surface area contributed by atoms with Crippen LogP contribution in [0.4, 0.5) is 5.69 Å². The van der Waals surface area contributed by atoms with Gasteiger partial charge in [0, 0.05) is 12.2 Å². The highest BCUT2D eigenvalue weighted by molar-refractivity contribution is 5.98. The van der Waals surface area contributed by atoms with Crippen molar-refractivity contribution in [3.05, 3.63) is 41.2 Å². The van der Waals surface area contributed by atoms with Crippen LogP contribution in [0.5, 0.6) is 5.75 Å². The number of benzene rings is 1. The van der Waals surface area contributed by atoms with Crippen LogP contribution in [-0.2, 0) is 6.42 Å². The number of nitrogens with one attached hydrogen (secondary N) is 2. The molecule has 2 rings (SSSR count). The van der Waals surface area contributed by atoms with Crippen LogP contribution in [0.1, 0.15) is 28.0 Å². The summed E-state index contributed by atoms with van der Waals surface area (Å²) in [5, 5.41) is 19.3. The molecule has 1 aromatic carbocycles. The number of phenols is 1. The minimum atomic E-state index is -0.321. The van der Waals surface area contributed by atoms with Crippen LogP contribution in [0.25, 0.3) is 0 Å². The Bertz CT molecular complexity index is 607. The number of carbonyl (C=O) groups is 1. The van der Waals surface area contributed by atoms with E-state index in [4.69, 9.17) is 5.73 Å². The fourth-order valence-corrected chi connectivity index (χ4v) is 1.95. The first-order valence-electron chi connectivity index (χ1n) is 6.44. The number of para-hydroxylation sites is 1. The van der Waals surface area contributed by atoms with Crippen molar-refractivity contribution < 1.29 is 9.90 Å². The van der Waals surface area contributed by atoms with E-state index in [1.807, 2.05) is 6.92 Å². The molecule has 0 aliphatic carbocycles. The molecule has 20 heavy (non-hydrogen) atoms. The SMILES string of the molecule is Cc1[nH]ncc1CCCNC(=O)c1cccc(N)c1O. The van der Waals surface area contributed by atoms with E-state index in [0.717, 1.165) is 24.1 Å². The number of nitrogen functional groups attached to an aromatic ring is 1. The van der Waals surface area contributed by atoms with Crippen LogP contribution in [0, 0.1) is 6.92 Å². The summed E-state index contributed by atoms with van der Waals surface area (Å²) < 4.78 is 0. The van der Waals surface area contributed by atoms with E-state index in [2.05, 4.69) is 15.5 Å². The van der Waals surface area contributed by atoms with Crippen molar-refractivity contribution in [3.63, 3.8) is 0 Å². The molecule has 6 nitrogen and oxygen atoms in total. The monoisotopic (exact) mass is 274 g/mol. The van der Waals surface area contributed by atoms with Gasteiger partial charge in [-0.15, -0.1) is 0 Å². The summed E-state index contributed by atoms with van der Waals surface area (Å²) in [5.74, 6) is -0.491. The van der Waals surface area contributed by atoms with Gasteiger partial charge < -0.3 is 16.2 Å². The largest absolute Gasteiger partial charge is 0.505 e. The molecule has 0 unspecified atom stereocenters. The lowest BCUT2D eigenvalue weighted by Gasteiger charge is -2.08. The summed E-state index contributed by atoms with van der Waals surface area (Å²) >= 11 is 0. The third kappa shape index (κ3) is 3.09. The molecule has 0 aliphatic rings. The topological polar surface area (TPSA) is 104 Å². The zero-order valence-electron chi connectivity index (χ0n) is 11.3. The molecule has 0 spiro atoms. The highest BCUT2D eigenvalue weighted by Gasteiger charge is 2.12. The van der Waals surface area contributed by atoms with Crippen molar-refractivity contribution in [1.29, 1.82) is 0 Å². The molecule has 5 N–H and O–H groups in total. The zero-order valence-corrected chi connectivity index (χ0v) is 11.3. The van der Waals surface area contributed by atoms with Crippen molar-refractivity contribution in [3.8, 4) is 5.75 Å². The van der Waals surface area contributed by atoms with Crippen molar-refractivity contribution in [2.24, 2.45) is 0 Å². The Hall–Kier alpha value is -2.50. The second kappa shape index (κ2) is 6.10. The Kier molecular flexibility index (Phi) is 4.24. The summed E-state index contributed by atoms with van der Waals surface area (Å²) in [6, 6.07) is 4.73. The first-order chi connectivity index (χ1) is 9.59.